The van der Waals surface area contributed by atoms with Crippen LogP contribution in [0.5, 0.6) is 0 Å². The lowest BCUT2D eigenvalue weighted by Gasteiger charge is -2.47. The van der Waals surface area contributed by atoms with Gasteiger partial charge < -0.3 is 25.0 Å². The van der Waals surface area contributed by atoms with Crippen LogP contribution >= 0.6 is 11.6 Å². The molecule has 0 radical (unpaired) electrons. The monoisotopic (exact) mass is 485 g/mol. The highest BCUT2D eigenvalue weighted by Gasteiger charge is 2.45. The highest BCUT2D eigenvalue weighted by atomic mass is 35.5. The van der Waals surface area contributed by atoms with E-state index in [0.717, 1.165) is 19.4 Å². The molecule has 3 N–H and O–H groups in total. The van der Waals surface area contributed by atoms with Crippen LogP contribution in [0, 0.1) is 0 Å². The smallest absolute Gasteiger partial charge is 0.226 e. The fourth-order valence-electron chi connectivity index (χ4n) is 6.09. The van der Waals surface area contributed by atoms with Gasteiger partial charge in [0.25, 0.3) is 0 Å². The van der Waals surface area contributed by atoms with Gasteiger partial charge in [-0.25, -0.2) is 4.98 Å². The maximum atomic E-state index is 10.5. The molecule has 2 aromatic heterocycles. The first kappa shape index (κ1) is 22.2. The van der Waals surface area contributed by atoms with Crippen molar-refractivity contribution in [1.82, 2.24) is 19.5 Å². The van der Waals surface area contributed by atoms with Gasteiger partial charge in [0.1, 0.15) is 18.3 Å². The standard InChI is InChI=1S/C24H28ClN5O4/c25-23-27-20(17-21(28-23)30(13-26-17)22-19(33)18(32)16(11-31)34-22)29-10-14-6-2-3-7-15(14)24(12-29)8-4-1-5-9-24/h2-3,6-7,13,16,18-19,22,31-33H,1,4-5,8-12H2/t16-,18-,19-,22-/m1/s1. The Bertz CT molecular complexity index is 1210. The van der Waals surface area contributed by atoms with Gasteiger partial charge >= 0.3 is 0 Å². The number of anilines is 1. The summed E-state index contributed by atoms with van der Waals surface area (Å²) in [5.74, 6) is 0.653. The molecule has 1 aliphatic carbocycles. The molecule has 9 nitrogen and oxygen atoms in total. The molecule has 1 saturated carbocycles. The topological polar surface area (TPSA) is 117 Å². The third kappa shape index (κ3) is 3.41. The molecule has 0 unspecified atom stereocenters. The number of fused-ring (bicyclic) bond motifs is 3. The molecule has 180 valence electrons. The van der Waals surface area contributed by atoms with Crippen molar-refractivity contribution in [1.29, 1.82) is 0 Å². The second kappa shape index (κ2) is 8.42. The minimum atomic E-state index is -1.24. The Morgan fingerprint density at radius 3 is 2.65 bits per heavy atom. The minimum absolute atomic E-state index is 0.0720. The lowest BCUT2D eigenvalue weighted by molar-refractivity contribution is -0.0511. The lowest BCUT2D eigenvalue weighted by atomic mass is 9.66. The quantitative estimate of drug-likeness (QED) is 0.484. The summed E-state index contributed by atoms with van der Waals surface area (Å²) in [5.41, 5.74) is 3.79. The number of aliphatic hydroxyl groups is 3. The van der Waals surface area contributed by atoms with E-state index in [2.05, 4.69) is 44.1 Å². The van der Waals surface area contributed by atoms with Gasteiger partial charge in [-0.05, 0) is 35.6 Å². The lowest BCUT2D eigenvalue weighted by Crippen LogP contribution is -2.47. The zero-order chi connectivity index (χ0) is 23.4. The molecule has 4 heterocycles. The normalized spacial score (nSPS) is 28.5. The van der Waals surface area contributed by atoms with E-state index in [0.29, 0.717) is 23.5 Å². The fourth-order valence-corrected chi connectivity index (χ4v) is 6.25. The molecule has 1 spiro atoms. The summed E-state index contributed by atoms with van der Waals surface area (Å²) >= 11 is 6.39. The number of nitrogens with zero attached hydrogens (tertiary/aromatic N) is 5. The van der Waals surface area contributed by atoms with Crippen LogP contribution in [0.1, 0.15) is 49.5 Å². The van der Waals surface area contributed by atoms with Crippen molar-refractivity contribution in [2.75, 3.05) is 18.1 Å². The number of aromatic nitrogens is 4. The van der Waals surface area contributed by atoms with Crippen LogP contribution < -0.4 is 4.90 Å². The molecule has 0 amide bonds. The molecule has 4 atom stereocenters. The van der Waals surface area contributed by atoms with E-state index >= 15 is 0 Å². The summed E-state index contributed by atoms with van der Waals surface area (Å²) in [6.07, 6.45) is 3.20. The molecule has 3 aliphatic rings. The molecule has 2 aliphatic heterocycles. The zero-order valence-corrected chi connectivity index (χ0v) is 19.5. The molecule has 3 aromatic rings. The number of halogens is 1. The van der Waals surface area contributed by atoms with Crippen molar-refractivity contribution in [3.63, 3.8) is 0 Å². The second-order valence-electron chi connectivity index (χ2n) is 9.72. The van der Waals surface area contributed by atoms with E-state index in [1.54, 1.807) is 4.57 Å². The van der Waals surface area contributed by atoms with Crippen LogP contribution in [-0.4, -0.2) is 66.3 Å². The number of rotatable bonds is 3. The van der Waals surface area contributed by atoms with Gasteiger partial charge in [-0.3, -0.25) is 4.57 Å². The summed E-state index contributed by atoms with van der Waals surface area (Å²) < 4.78 is 7.26. The van der Waals surface area contributed by atoms with Gasteiger partial charge in [-0.15, -0.1) is 0 Å². The first-order valence-corrected chi connectivity index (χ1v) is 12.2. The number of hydrogen-bond donors (Lipinski definition) is 3. The van der Waals surface area contributed by atoms with E-state index in [-0.39, 0.29) is 10.7 Å². The Morgan fingerprint density at radius 2 is 1.88 bits per heavy atom. The average Bonchev–Trinajstić information content (AvgIpc) is 3.39. The number of imidazole rings is 1. The Hall–Kier alpha value is -2.30. The van der Waals surface area contributed by atoms with Crippen LogP contribution in [0.25, 0.3) is 11.2 Å². The molecular formula is C24H28ClN5O4. The number of benzene rings is 1. The predicted octanol–water partition coefficient (Wildman–Crippen LogP) is 2.31. The number of hydrogen-bond acceptors (Lipinski definition) is 8. The Kier molecular flexibility index (Phi) is 5.50. The van der Waals surface area contributed by atoms with E-state index in [9.17, 15) is 15.3 Å². The Labute approximate surface area is 202 Å². The van der Waals surface area contributed by atoms with Crippen LogP contribution in [-0.2, 0) is 16.7 Å². The van der Waals surface area contributed by atoms with Crippen LogP contribution in [0.4, 0.5) is 5.82 Å². The van der Waals surface area contributed by atoms with Crippen molar-refractivity contribution in [3.05, 3.63) is 47.0 Å². The van der Waals surface area contributed by atoms with E-state index in [4.69, 9.17) is 16.3 Å². The average molecular weight is 486 g/mol. The first-order valence-electron chi connectivity index (χ1n) is 11.9. The highest BCUT2D eigenvalue weighted by molar-refractivity contribution is 6.28. The maximum absolute atomic E-state index is 10.5. The molecule has 0 bridgehead atoms. The summed E-state index contributed by atoms with van der Waals surface area (Å²) in [5, 5.41) is 30.3. The fraction of sp³-hybridized carbons (Fsp3) is 0.542. The summed E-state index contributed by atoms with van der Waals surface area (Å²) in [7, 11) is 0. The molecule has 6 rings (SSSR count). The highest BCUT2D eigenvalue weighted by Crippen LogP contribution is 2.46. The SMILES string of the molecule is OC[C@H]1O[C@@H](n2cnc3c(N4Cc5ccccc5C5(CCCCC5)C4)nc(Cl)nc32)[C@H](O)[C@@H]1O. The third-order valence-corrected chi connectivity index (χ3v) is 7.89. The molecule has 10 heteroatoms. The number of ether oxygens (including phenoxy) is 1. The molecule has 34 heavy (non-hydrogen) atoms. The van der Waals surface area contributed by atoms with Gasteiger partial charge in [0.05, 0.1) is 12.9 Å². The van der Waals surface area contributed by atoms with Crippen molar-refractivity contribution < 1.29 is 20.1 Å². The largest absolute Gasteiger partial charge is 0.394 e. The van der Waals surface area contributed by atoms with Gasteiger partial charge in [0, 0.05) is 18.5 Å². The summed E-state index contributed by atoms with van der Waals surface area (Å²) in [6.45, 7) is 1.12. The van der Waals surface area contributed by atoms with Crippen molar-refractivity contribution in [2.45, 2.75) is 68.6 Å². The zero-order valence-electron chi connectivity index (χ0n) is 18.7. The third-order valence-electron chi connectivity index (χ3n) is 7.72. The van der Waals surface area contributed by atoms with Crippen LogP contribution in [0.2, 0.25) is 5.28 Å². The van der Waals surface area contributed by atoms with Crippen LogP contribution in [0.3, 0.4) is 0 Å². The van der Waals surface area contributed by atoms with Gasteiger partial charge in [0.15, 0.2) is 23.2 Å². The van der Waals surface area contributed by atoms with Crippen molar-refractivity contribution in [3.8, 4) is 0 Å². The minimum Gasteiger partial charge on any atom is -0.394 e. The summed E-state index contributed by atoms with van der Waals surface area (Å²) in [6, 6.07) is 8.68. The molecule has 1 aromatic carbocycles. The van der Waals surface area contributed by atoms with Gasteiger partial charge in [-0.2, -0.15) is 9.97 Å². The molecular weight excluding hydrogens is 458 g/mol. The predicted molar refractivity (Wildman–Crippen MR) is 126 cm³/mol. The number of aliphatic hydroxyl groups excluding tert-OH is 3. The van der Waals surface area contributed by atoms with E-state index in [1.165, 1.54) is 36.7 Å². The van der Waals surface area contributed by atoms with E-state index < -0.39 is 31.1 Å². The molecule has 1 saturated heterocycles. The van der Waals surface area contributed by atoms with Crippen molar-refractivity contribution in [2.24, 2.45) is 0 Å². The maximum Gasteiger partial charge on any atom is 0.226 e. The first-order chi connectivity index (χ1) is 16.5. The van der Waals surface area contributed by atoms with Gasteiger partial charge in [-0.1, -0.05) is 43.5 Å². The van der Waals surface area contributed by atoms with Crippen LogP contribution in [0.15, 0.2) is 30.6 Å². The van der Waals surface area contributed by atoms with Gasteiger partial charge in [0.2, 0.25) is 5.28 Å². The Balaban J connectivity index is 1.43. The Morgan fingerprint density at radius 1 is 1.09 bits per heavy atom. The van der Waals surface area contributed by atoms with E-state index in [1.807, 2.05) is 0 Å². The van der Waals surface area contributed by atoms with Crippen molar-refractivity contribution >= 4 is 28.6 Å². The summed E-state index contributed by atoms with van der Waals surface area (Å²) in [4.78, 5) is 15.8. The molecule has 2 fully saturated rings. The second-order valence-corrected chi connectivity index (χ2v) is 10.1.